The zero-order chi connectivity index (χ0) is 10.6. The van der Waals surface area contributed by atoms with E-state index in [9.17, 15) is 9.59 Å². The van der Waals surface area contributed by atoms with E-state index in [1.807, 2.05) is 0 Å². The van der Waals surface area contributed by atoms with E-state index in [4.69, 9.17) is 4.74 Å². The van der Waals surface area contributed by atoms with E-state index in [1.54, 1.807) is 4.90 Å². The number of likely N-dealkylation sites (tertiary alicyclic amines) is 1. The largest absolute Gasteiger partial charge is 0.379 e. The molecule has 1 saturated heterocycles. The molecule has 0 aromatic rings. The Morgan fingerprint density at radius 2 is 2.14 bits per heavy atom. The Bertz CT molecular complexity index is 225. The minimum Gasteiger partial charge on any atom is -0.379 e. The molecule has 0 N–H and O–H groups in total. The lowest BCUT2D eigenvalue weighted by Crippen LogP contribution is -2.29. The lowest BCUT2D eigenvalue weighted by molar-refractivity contribution is -0.128. The quantitative estimate of drug-likeness (QED) is 0.477. The normalized spacial score (nSPS) is 17.2. The first kappa shape index (κ1) is 11.2. The number of Topliss-reactive ketones (excluding diaryl/α,β-unsaturated/α-hetero) is 1. The van der Waals surface area contributed by atoms with Crippen LogP contribution in [0.25, 0.3) is 0 Å². The molecule has 0 radical (unpaired) electrons. The van der Waals surface area contributed by atoms with Crippen molar-refractivity contribution in [2.45, 2.75) is 20.3 Å². The van der Waals surface area contributed by atoms with Gasteiger partial charge in [-0.2, -0.15) is 0 Å². The van der Waals surface area contributed by atoms with Crippen LogP contribution in [0.4, 0.5) is 0 Å². The van der Waals surface area contributed by atoms with Gasteiger partial charge in [0, 0.05) is 13.2 Å². The monoisotopic (exact) mass is 199 g/mol. The molecule has 0 bridgehead atoms. The van der Waals surface area contributed by atoms with E-state index in [0.29, 0.717) is 25.7 Å². The predicted molar refractivity (Wildman–Crippen MR) is 51.9 cm³/mol. The molecule has 14 heavy (non-hydrogen) atoms. The molecular formula is C10H17NO3. The van der Waals surface area contributed by atoms with Crippen molar-refractivity contribution < 1.29 is 14.3 Å². The number of carbonyl (C=O) groups is 2. The first-order valence-electron chi connectivity index (χ1n) is 4.97. The summed E-state index contributed by atoms with van der Waals surface area (Å²) in [7, 11) is 0. The molecular weight excluding hydrogens is 182 g/mol. The van der Waals surface area contributed by atoms with E-state index in [2.05, 4.69) is 13.8 Å². The second-order valence-electron chi connectivity index (χ2n) is 4.00. The molecule has 0 spiro atoms. The number of amides is 1. The number of hydrogen-bond donors (Lipinski definition) is 0. The van der Waals surface area contributed by atoms with Crippen LogP contribution in [0.1, 0.15) is 20.3 Å². The number of ketones is 1. The van der Waals surface area contributed by atoms with Gasteiger partial charge < -0.3 is 9.64 Å². The van der Waals surface area contributed by atoms with Crippen LogP contribution in [0, 0.1) is 5.92 Å². The highest BCUT2D eigenvalue weighted by atomic mass is 16.5. The van der Waals surface area contributed by atoms with E-state index >= 15 is 0 Å². The van der Waals surface area contributed by atoms with Crippen molar-refractivity contribution in [3.8, 4) is 0 Å². The fourth-order valence-corrected chi connectivity index (χ4v) is 1.33. The highest BCUT2D eigenvalue weighted by Gasteiger charge is 2.26. The van der Waals surface area contributed by atoms with Crippen LogP contribution >= 0.6 is 0 Å². The van der Waals surface area contributed by atoms with E-state index in [1.165, 1.54) is 0 Å². The summed E-state index contributed by atoms with van der Waals surface area (Å²) < 4.78 is 5.34. The summed E-state index contributed by atoms with van der Waals surface area (Å²) in [6.45, 7) is 6.18. The van der Waals surface area contributed by atoms with Crippen LogP contribution in [0.3, 0.4) is 0 Å². The van der Waals surface area contributed by atoms with Crippen LogP contribution in [0.5, 0.6) is 0 Å². The van der Waals surface area contributed by atoms with Gasteiger partial charge in [0.1, 0.15) is 0 Å². The standard InChI is InChI=1S/C10H17NO3/c1-8(2)7-14-4-3-11-6-9(12)5-10(11)13/h8H,3-7H2,1-2H3. The lowest BCUT2D eigenvalue weighted by Gasteiger charge is -2.14. The summed E-state index contributed by atoms with van der Waals surface area (Å²) in [4.78, 5) is 23.6. The molecule has 1 aliphatic heterocycles. The number of carbonyl (C=O) groups excluding carboxylic acids is 2. The first-order chi connectivity index (χ1) is 6.59. The molecule has 0 aromatic heterocycles. The molecule has 1 fully saturated rings. The zero-order valence-corrected chi connectivity index (χ0v) is 8.78. The average Bonchev–Trinajstić information content (AvgIpc) is 2.39. The molecule has 0 saturated carbocycles. The molecule has 1 rings (SSSR count). The molecule has 4 nitrogen and oxygen atoms in total. The molecule has 1 amide bonds. The Morgan fingerprint density at radius 3 is 2.64 bits per heavy atom. The van der Waals surface area contributed by atoms with Crippen molar-refractivity contribution >= 4 is 11.7 Å². The second kappa shape index (κ2) is 5.10. The molecule has 1 heterocycles. The maximum absolute atomic E-state index is 11.2. The van der Waals surface area contributed by atoms with Gasteiger partial charge in [-0.3, -0.25) is 9.59 Å². The predicted octanol–water partition coefficient (Wildman–Crippen LogP) is 0.460. The van der Waals surface area contributed by atoms with Gasteiger partial charge in [-0.25, -0.2) is 0 Å². The minimum atomic E-state index is -0.0665. The summed E-state index contributed by atoms with van der Waals surface area (Å²) >= 11 is 0. The molecule has 1 aliphatic rings. The van der Waals surface area contributed by atoms with Crippen molar-refractivity contribution in [2.24, 2.45) is 5.92 Å². The Labute approximate surface area is 84.2 Å². The van der Waals surface area contributed by atoms with Gasteiger partial charge in [0.2, 0.25) is 5.91 Å². The highest BCUT2D eigenvalue weighted by Crippen LogP contribution is 2.05. The minimum absolute atomic E-state index is 0.0128. The van der Waals surface area contributed by atoms with E-state index in [0.717, 1.165) is 0 Å². The summed E-state index contributed by atoms with van der Waals surface area (Å²) in [6.07, 6.45) is 0.0736. The van der Waals surface area contributed by atoms with Crippen molar-refractivity contribution in [3.05, 3.63) is 0 Å². The van der Waals surface area contributed by atoms with Crippen LogP contribution in [-0.4, -0.2) is 42.9 Å². The van der Waals surface area contributed by atoms with Gasteiger partial charge in [-0.1, -0.05) is 13.8 Å². The van der Waals surface area contributed by atoms with Crippen LogP contribution in [-0.2, 0) is 14.3 Å². The fraction of sp³-hybridized carbons (Fsp3) is 0.800. The maximum atomic E-state index is 11.2. The number of ether oxygens (including phenoxy) is 1. The van der Waals surface area contributed by atoms with Crippen LogP contribution in [0.15, 0.2) is 0 Å². The lowest BCUT2D eigenvalue weighted by atomic mass is 10.2. The highest BCUT2D eigenvalue weighted by molar-refractivity contribution is 6.05. The molecule has 0 aromatic carbocycles. The first-order valence-corrected chi connectivity index (χ1v) is 4.97. The van der Waals surface area contributed by atoms with E-state index in [-0.39, 0.29) is 24.7 Å². The number of hydrogen-bond acceptors (Lipinski definition) is 3. The van der Waals surface area contributed by atoms with Gasteiger partial charge in [0.05, 0.1) is 19.6 Å². The van der Waals surface area contributed by atoms with Crippen molar-refractivity contribution in [1.82, 2.24) is 4.90 Å². The SMILES string of the molecule is CC(C)COCCN1CC(=O)CC1=O. The maximum Gasteiger partial charge on any atom is 0.230 e. The van der Waals surface area contributed by atoms with Gasteiger partial charge in [-0.05, 0) is 5.92 Å². The van der Waals surface area contributed by atoms with Crippen molar-refractivity contribution in [3.63, 3.8) is 0 Å². The molecule has 4 heteroatoms. The fourth-order valence-electron chi connectivity index (χ4n) is 1.33. The second-order valence-corrected chi connectivity index (χ2v) is 4.00. The summed E-state index contributed by atoms with van der Waals surface area (Å²) in [6, 6.07) is 0. The third-order valence-corrected chi connectivity index (χ3v) is 2.03. The van der Waals surface area contributed by atoms with Crippen LogP contribution < -0.4 is 0 Å². The van der Waals surface area contributed by atoms with E-state index < -0.39 is 0 Å². The zero-order valence-electron chi connectivity index (χ0n) is 8.78. The van der Waals surface area contributed by atoms with Gasteiger partial charge in [0.15, 0.2) is 5.78 Å². The summed E-state index contributed by atoms with van der Waals surface area (Å²) in [5.74, 6) is 0.452. The average molecular weight is 199 g/mol. The molecule has 0 unspecified atom stereocenters. The molecule has 80 valence electrons. The number of nitrogens with zero attached hydrogens (tertiary/aromatic N) is 1. The summed E-state index contributed by atoms with van der Waals surface area (Å²) in [5.41, 5.74) is 0. The smallest absolute Gasteiger partial charge is 0.230 e. The van der Waals surface area contributed by atoms with Crippen LogP contribution in [0.2, 0.25) is 0 Å². The Kier molecular flexibility index (Phi) is 4.07. The Hall–Kier alpha value is -0.900. The van der Waals surface area contributed by atoms with Gasteiger partial charge in [0.25, 0.3) is 0 Å². The summed E-state index contributed by atoms with van der Waals surface area (Å²) in [5, 5.41) is 0. The van der Waals surface area contributed by atoms with Crippen molar-refractivity contribution in [2.75, 3.05) is 26.3 Å². The third-order valence-electron chi connectivity index (χ3n) is 2.03. The van der Waals surface area contributed by atoms with Gasteiger partial charge in [-0.15, -0.1) is 0 Å². The molecule has 0 aliphatic carbocycles. The molecule has 0 atom stereocenters. The Morgan fingerprint density at radius 1 is 1.43 bits per heavy atom. The number of rotatable bonds is 5. The third kappa shape index (κ3) is 3.46. The topological polar surface area (TPSA) is 46.6 Å². The van der Waals surface area contributed by atoms with Gasteiger partial charge >= 0.3 is 0 Å². The van der Waals surface area contributed by atoms with Crippen molar-refractivity contribution in [1.29, 1.82) is 0 Å². The Balaban J connectivity index is 2.13.